The van der Waals surface area contributed by atoms with Gasteiger partial charge in [-0.05, 0) is 42.9 Å². The average molecular weight is 444 g/mol. The number of nitrogens with one attached hydrogen (secondary N) is 2. The average Bonchev–Trinajstić information content (AvgIpc) is 3.08. The molecular weight excluding hydrogens is 422 g/mol. The lowest BCUT2D eigenvalue weighted by Crippen LogP contribution is -2.17. The van der Waals surface area contributed by atoms with Crippen molar-refractivity contribution >= 4 is 50.9 Å². The van der Waals surface area contributed by atoms with Crippen LogP contribution < -0.4 is 10.9 Å². The zero-order valence-corrected chi connectivity index (χ0v) is 18.2. The number of carbonyl (C=O) groups excluding carboxylic acids is 2. The first kappa shape index (κ1) is 20.6. The Bertz CT molecular complexity index is 1180. The summed E-state index contributed by atoms with van der Waals surface area (Å²) in [6, 6.07) is 7.05. The molecule has 30 heavy (non-hydrogen) atoms. The lowest BCUT2D eigenvalue weighted by Gasteiger charge is -2.18. The summed E-state index contributed by atoms with van der Waals surface area (Å²) in [5.74, 6) is -0.0874. The first-order chi connectivity index (χ1) is 14.5. The minimum Gasteiger partial charge on any atom is -0.465 e. The second-order valence-electron chi connectivity index (χ2n) is 7.27. The van der Waals surface area contributed by atoms with Crippen LogP contribution in [0.2, 0.25) is 0 Å². The highest BCUT2D eigenvalue weighted by atomic mass is 32.2. The van der Waals surface area contributed by atoms with Gasteiger partial charge in [-0.3, -0.25) is 9.59 Å². The third kappa shape index (κ3) is 4.13. The van der Waals surface area contributed by atoms with Crippen LogP contribution in [0.4, 0.5) is 5.00 Å². The normalized spacial score (nSPS) is 15.6. The molecule has 1 aliphatic rings. The Morgan fingerprint density at radius 2 is 2.17 bits per heavy atom. The summed E-state index contributed by atoms with van der Waals surface area (Å²) in [6.07, 6.45) is 2.72. The standard InChI is InChI=1S/C21H21N3O4S2/c1-11-7-8-13-15(9-11)30-19(17(13)20(27)28-2)23-16(25)10-29-21-22-14-6-4-3-5-12(14)18(26)24-21/h3-6,11H,7-10H2,1-2H3,(H,23,25)(H,22,24,26). The number of hydrogen-bond donors (Lipinski definition) is 2. The first-order valence-electron chi connectivity index (χ1n) is 9.60. The zero-order chi connectivity index (χ0) is 21.3. The molecule has 2 aromatic heterocycles. The van der Waals surface area contributed by atoms with Gasteiger partial charge in [-0.15, -0.1) is 11.3 Å². The molecule has 2 N–H and O–H groups in total. The van der Waals surface area contributed by atoms with E-state index >= 15 is 0 Å². The van der Waals surface area contributed by atoms with E-state index in [9.17, 15) is 14.4 Å². The summed E-state index contributed by atoms with van der Waals surface area (Å²) in [5.41, 5.74) is 1.81. The van der Waals surface area contributed by atoms with E-state index in [4.69, 9.17) is 4.74 Å². The zero-order valence-electron chi connectivity index (χ0n) is 16.6. The van der Waals surface area contributed by atoms with Crippen molar-refractivity contribution in [1.29, 1.82) is 0 Å². The molecule has 1 amide bonds. The molecule has 9 heteroatoms. The number of esters is 1. The highest BCUT2D eigenvalue weighted by Crippen LogP contribution is 2.40. The number of thioether (sulfide) groups is 1. The maximum atomic E-state index is 12.6. The van der Waals surface area contributed by atoms with Crippen molar-refractivity contribution in [3.05, 3.63) is 50.6 Å². The number of aromatic amines is 1. The molecule has 0 fully saturated rings. The van der Waals surface area contributed by atoms with E-state index in [0.29, 0.717) is 32.5 Å². The third-order valence-electron chi connectivity index (χ3n) is 5.09. The van der Waals surface area contributed by atoms with E-state index in [0.717, 1.165) is 41.5 Å². The first-order valence-corrected chi connectivity index (χ1v) is 11.4. The second kappa shape index (κ2) is 8.61. The van der Waals surface area contributed by atoms with Gasteiger partial charge in [0.2, 0.25) is 5.91 Å². The topological polar surface area (TPSA) is 101 Å². The predicted molar refractivity (Wildman–Crippen MR) is 119 cm³/mol. The number of nitrogens with zero attached hydrogens (tertiary/aromatic N) is 1. The van der Waals surface area contributed by atoms with Crippen molar-refractivity contribution in [3.8, 4) is 0 Å². The van der Waals surface area contributed by atoms with Crippen LogP contribution in [0.5, 0.6) is 0 Å². The summed E-state index contributed by atoms with van der Waals surface area (Å²) in [4.78, 5) is 45.3. The Hall–Kier alpha value is -2.65. The summed E-state index contributed by atoms with van der Waals surface area (Å²) in [6.45, 7) is 2.19. The molecule has 156 valence electrons. The number of anilines is 1. The van der Waals surface area contributed by atoms with Gasteiger partial charge < -0.3 is 15.0 Å². The number of aromatic nitrogens is 2. The molecule has 0 saturated carbocycles. The maximum Gasteiger partial charge on any atom is 0.341 e. The van der Waals surface area contributed by atoms with Crippen LogP contribution in [0.1, 0.15) is 34.1 Å². The van der Waals surface area contributed by atoms with Crippen molar-refractivity contribution in [3.63, 3.8) is 0 Å². The highest BCUT2D eigenvalue weighted by molar-refractivity contribution is 7.99. The van der Waals surface area contributed by atoms with E-state index in [1.165, 1.54) is 18.4 Å². The van der Waals surface area contributed by atoms with Gasteiger partial charge in [-0.2, -0.15) is 0 Å². The van der Waals surface area contributed by atoms with Gasteiger partial charge in [-0.1, -0.05) is 30.8 Å². The quantitative estimate of drug-likeness (QED) is 0.355. The van der Waals surface area contributed by atoms with Crippen LogP contribution in [-0.4, -0.2) is 34.7 Å². The Morgan fingerprint density at radius 3 is 2.97 bits per heavy atom. The molecule has 1 aromatic carbocycles. The number of methoxy groups -OCH3 is 1. The largest absolute Gasteiger partial charge is 0.465 e. The molecule has 0 aliphatic heterocycles. The summed E-state index contributed by atoms with van der Waals surface area (Å²) in [7, 11) is 1.35. The fraction of sp³-hybridized carbons (Fsp3) is 0.333. The molecule has 4 rings (SSSR count). The molecule has 0 bridgehead atoms. The molecule has 0 spiro atoms. The van der Waals surface area contributed by atoms with E-state index < -0.39 is 5.97 Å². The van der Waals surface area contributed by atoms with Crippen molar-refractivity contribution in [2.45, 2.75) is 31.3 Å². The van der Waals surface area contributed by atoms with Crippen LogP contribution in [0.3, 0.4) is 0 Å². The van der Waals surface area contributed by atoms with Gasteiger partial charge in [0.1, 0.15) is 5.00 Å². The number of fused-ring (bicyclic) bond motifs is 2. The van der Waals surface area contributed by atoms with Gasteiger partial charge in [0.05, 0.1) is 29.3 Å². The van der Waals surface area contributed by atoms with Gasteiger partial charge in [0, 0.05) is 4.88 Å². The molecule has 3 aromatic rings. The number of para-hydroxylation sites is 1. The number of thiophene rings is 1. The molecule has 1 aliphatic carbocycles. The van der Waals surface area contributed by atoms with E-state index in [1.54, 1.807) is 18.2 Å². The summed E-state index contributed by atoms with van der Waals surface area (Å²) >= 11 is 2.59. The van der Waals surface area contributed by atoms with Crippen molar-refractivity contribution in [1.82, 2.24) is 9.97 Å². The summed E-state index contributed by atoms with van der Waals surface area (Å²) in [5, 5.41) is 4.27. The molecule has 1 atom stereocenters. The monoisotopic (exact) mass is 443 g/mol. The SMILES string of the molecule is COC(=O)c1c(NC(=O)CSc2nc3ccccc3c(=O)[nH]2)sc2c1CCC(C)C2. The molecule has 2 heterocycles. The Morgan fingerprint density at radius 1 is 1.37 bits per heavy atom. The van der Waals surface area contributed by atoms with Gasteiger partial charge in [0.25, 0.3) is 5.56 Å². The Balaban J connectivity index is 1.51. The van der Waals surface area contributed by atoms with Crippen LogP contribution in [0.25, 0.3) is 10.9 Å². The lowest BCUT2D eigenvalue weighted by molar-refractivity contribution is -0.113. The van der Waals surface area contributed by atoms with E-state index in [1.807, 2.05) is 6.07 Å². The second-order valence-corrected chi connectivity index (χ2v) is 9.34. The molecule has 1 unspecified atom stereocenters. The van der Waals surface area contributed by atoms with Gasteiger partial charge >= 0.3 is 5.97 Å². The van der Waals surface area contributed by atoms with Crippen LogP contribution in [0.15, 0.2) is 34.2 Å². The number of H-pyrrole nitrogens is 1. The van der Waals surface area contributed by atoms with Gasteiger partial charge in [0.15, 0.2) is 5.16 Å². The Kier molecular flexibility index (Phi) is 5.92. The maximum absolute atomic E-state index is 12.6. The fourth-order valence-corrected chi connectivity index (χ4v) is 5.67. The van der Waals surface area contributed by atoms with Gasteiger partial charge in [-0.25, -0.2) is 9.78 Å². The molecular formula is C21H21N3O4S2. The van der Waals surface area contributed by atoms with Crippen LogP contribution in [-0.2, 0) is 22.4 Å². The fourth-order valence-electron chi connectivity index (χ4n) is 3.59. The minimum atomic E-state index is -0.425. The number of hydrogen-bond acceptors (Lipinski definition) is 7. The number of benzene rings is 1. The Labute approximate surface area is 181 Å². The van der Waals surface area contributed by atoms with Crippen LogP contribution >= 0.6 is 23.1 Å². The number of carbonyl (C=O) groups is 2. The predicted octanol–water partition coefficient (Wildman–Crippen LogP) is 3.63. The highest BCUT2D eigenvalue weighted by Gasteiger charge is 2.28. The number of rotatable bonds is 5. The van der Waals surface area contributed by atoms with Crippen molar-refractivity contribution in [2.75, 3.05) is 18.2 Å². The van der Waals surface area contributed by atoms with E-state index in [2.05, 4.69) is 22.2 Å². The van der Waals surface area contributed by atoms with E-state index in [-0.39, 0.29) is 17.2 Å². The molecule has 7 nitrogen and oxygen atoms in total. The molecule has 0 radical (unpaired) electrons. The third-order valence-corrected chi connectivity index (χ3v) is 7.13. The molecule has 0 saturated heterocycles. The number of ether oxygens (including phenoxy) is 1. The lowest BCUT2D eigenvalue weighted by atomic mass is 9.88. The minimum absolute atomic E-state index is 0.0564. The van der Waals surface area contributed by atoms with Crippen LogP contribution in [0, 0.1) is 5.92 Å². The van der Waals surface area contributed by atoms with Crippen molar-refractivity contribution in [2.24, 2.45) is 5.92 Å². The number of amides is 1. The smallest absolute Gasteiger partial charge is 0.341 e. The van der Waals surface area contributed by atoms with Crippen molar-refractivity contribution < 1.29 is 14.3 Å². The summed E-state index contributed by atoms with van der Waals surface area (Å²) < 4.78 is 4.95.